The average Bonchev–Trinajstić information content (AvgIpc) is 2.17. The topological polar surface area (TPSA) is 52.3 Å². The maximum atomic E-state index is 11.1. The summed E-state index contributed by atoms with van der Waals surface area (Å²) in [6.07, 6.45) is 3.10. The molecule has 0 aromatic rings. The summed E-state index contributed by atoms with van der Waals surface area (Å²) in [5, 5.41) is 0. The van der Waals surface area contributed by atoms with E-state index in [1.807, 2.05) is 0 Å². The van der Waals surface area contributed by atoms with Crippen molar-refractivity contribution >= 4 is 21.9 Å². The van der Waals surface area contributed by atoms with Gasteiger partial charge in [0.1, 0.15) is 0 Å². The molecule has 0 amide bonds. The van der Waals surface area contributed by atoms with E-state index in [1.165, 1.54) is 13.2 Å². The lowest BCUT2D eigenvalue weighted by Gasteiger charge is -2.05. The number of ether oxygens (including phenoxy) is 1. The molecule has 0 heterocycles. The third kappa shape index (κ3) is 3.06. The molecule has 13 heavy (non-hydrogen) atoms. The highest BCUT2D eigenvalue weighted by Crippen LogP contribution is 2.16. The Bertz CT molecular complexity index is 279. The molecule has 0 unspecified atom stereocenters. The Morgan fingerprint density at radius 3 is 2.46 bits per heavy atom. The maximum absolute atomic E-state index is 11.1. The molecule has 0 fully saturated rings. The first-order chi connectivity index (χ1) is 6.08. The van der Waals surface area contributed by atoms with Crippen molar-refractivity contribution < 1.29 is 9.53 Å². The largest absolute Gasteiger partial charge is 0.465 e. The van der Waals surface area contributed by atoms with Gasteiger partial charge in [-0.25, -0.2) is 4.79 Å². The summed E-state index contributed by atoms with van der Waals surface area (Å²) in [7, 11) is 1.31. The van der Waals surface area contributed by atoms with E-state index < -0.39 is 5.97 Å². The van der Waals surface area contributed by atoms with Gasteiger partial charge in [-0.3, -0.25) is 0 Å². The molecule has 4 heteroatoms. The van der Waals surface area contributed by atoms with Crippen LogP contribution in [0.5, 0.6) is 0 Å². The highest BCUT2D eigenvalue weighted by atomic mass is 79.9. The molecule has 0 rings (SSSR count). The fraction of sp³-hybridized carbons (Fsp3) is 0.222. The highest BCUT2D eigenvalue weighted by molar-refractivity contribution is 9.11. The van der Waals surface area contributed by atoms with Crippen LogP contribution in [0.15, 0.2) is 34.5 Å². The summed E-state index contributed by atoms with van der Waals surface area (Å²) in [5.41, 5.74) is 6.30. The van der Waals surface area contributed by atoms with Crippen LogP contribution in [0.3, 0.4) is 0 Å². The smallest absolute Gasteiger partial charge is 0.339 e. The molecule has 0 aromatic carbocycles. The van der Waals surface area contributed by atoms with Crippen molar-refractivity contribution in [3.63, 3.8) is 0 Å². The molecule has 0 aliphatic rings. The quantitative estimate of drug-likeness (QED) is 0.469. The maximum Gasteiger partial charge on any atom is 0.339 e. The Kier molecular flexibility index (Phi) is 5.14. The summed E-state index contributed by atoms with van der Waals surface area (Å²) in [6.45, 7) is 5.23. The fourth-order valence-electron chi connectivity index (χ4n) is 0.732. The predicted molar refractivity (Wildman–Crippen MR) is 56.1 cm³/mol. The molecule has 0 aliphatic carbocycles. The van der Waals surface area contributed by atoms with Crippen LogP contribution in [-0.4, -0.2) is 13.1 Å². The van der Waals surface area contributed by atoms with Gasteiger partial charge in [-0.05, 0) is 22.9 Å². The van der Waals surface area contributed by atoms with E-state index in [0.29, 0.717) is 15.8 Å². The minimum atomic E-state index is -0.459. The summed E-state index contributed by atoms with van der Waals surface area (Å²) in [4.78, 5) is 11.1. The van der Waals surface area contributed by atoms with Crippen molar-refractivity contribution in [2.24, 2.45) is 5.73 Å². The molecule has 3 nitrogen and oxygen atoms in total. The molecule has 2 N–H and O–H groups in total. The zero-order chi connectivity index (χ0) is 10.4. The number of allylic oxidation sites excluding steroid dienone is 3. The fourth-order valence-corrected chi connectivity index (χ4v) is 0.945. The van der Waals surface area contributed by atoms with Crippen LogP contribution in [0.2, 0.25) is 0 Å². The number of hydrogen-bond acceptors (Lipinski definition) is 3. The lowest BCUT2D eigenvalue weighted by Crippen LogP contribution is -2.13. The number of esters is 1. The molecule has 0 atom stereocenters. The van der Waals surface area contributed by atoms with Gasteiger partial charge in [0, 0.05) is 4.48 Å². The second kappa shape index (κ2) is 5.59. The van der Waals surface area contributed by atoms with Crippen molar-refractivity contribution in [1.82, 2.24) is 0 Å². The van der Waals surface area contributed by atoms with Gasteiger partial charge in [-0.1, -0.05) is 18.7 Å². The number of hydrogen-bond donors (Lipinski definition) is 1. The number of rotatable bonds is 3. The Balaban J connectivity index is 5.03. The summed E-state index contributed by atoms with van der Waals surface area (Å²) in [5.74, 6) is -0.459. The molecule has 0 saturated carbocycles. The minimum Gasteiger partial charge on any atom is -0.465 e. The summed E-state index contributed by atoms with van der Waals surface area (Å²) in [6, 6.07) is 0. The Morgan fingerprint density at radius 2 is 2.15 bits per heavy atom. The first-order valence-corrected chi connectivity index (χ1v) is 4.40. The van der Waals surface area contributed by atoms with Crippen LogP contribution < -0.4 is 5.73 Å². The predicted octanol–water partition coefficient (Wildman–Crippen LogP) is 1.86. The Hall–Kier alpha value is -1.03. The van der Waals surface area contributed by atoms with Crippen LogP contribution >= 0.6 is 15.9 Å². The van der Waals surface area contributed by atoms with E-state index in [0.717, 1.165) is 0 Å². The van der Waals surface area contributed by atoms with E-state index in [4.69, 9.17) is 5.73 Å². The molecule has 72 valence electrons. The Morgan fingerprint density at radius 1 is 1.62 bits per heavy atom. The monoisotopic (exact) mass is 245 g/mol. The SMILES string of the molecule is C=C/C(Br)=C(N)\C(=C/C)C(=O)OC. The van der Waals surface area contributed by atoms with Gasteiger partial charge in [-0.15, -0.1) is 0 Å². The van der Waals surface area contributed by atoms with E-state index in [2.05, 4.69) is 27.2 Å². The zero-order valence-corrected chi connectivity index (χ0v) is 9.22. The van der Waals surface area contributed by atoms with Gasteiger partial charge in [0.2, 0.25) is 0 Å². The normalized spacial score (nSPS) is 13.3. The van der Waals surface area contributed by atoms with E-state index in [-0.39, 0.29) is 0 Å². The summed E-state index contributed by atoms with van der Waals surface area (Å²) < 4.78 is 5.12. The van der Waals surface area contributed by atoms with Crippen molar-refractivity contribution in [3.8, 4) is 0 Å². The van der Waals surface area contributed by atoms with Gasteiger partial charge in [-0.2, -0.15) is 0 Å². The van der Waals surface area contributed by atoms with Crippen LogP contribution in [0.1, 0.15) is 6.92 Å². The van der Waals surface area contributed by atoms with Gasteiger partial charge >= 0.3 is 5.97 Å². The van der Waals surface area contributed by atoms with Crippen LogP contribution in [-0.2, 0) is 9.53 Å². The van der Waals surface area contributed by atoms with Crippen LogP contribution in [0.25, 0.3) is 0 Å². The number of carbonyl (C=O) groups excluding carboxylic acids is 1. The highest BCUT2D eigenvalue weighted by Gasteiger charge is 2.12. The second-order valence-corrected chi connectivity index (χ2v) is 3.01. The van der Waals surface area contributed by atoms with E-state index >= 15 is 0 Å². The summed E-state index contributed by atoms with van der Waals surface area (Å²) >= 11 is 3.17. The standard InChI is InChI=1S/C9H12BrNO2/c1-4-6(9(12)13-3)8(11)7(10)5-2/h4-5H,2,11H2,1,3H3/b6-4+,8-7-. The number of halogens is 1. The molecule has 0 bridgehead atoms. The molecule has 0 saturated heterocycles. The third-order valence-electron chi connectivity index (χ3n) is 1.42. The first kappa shape index (κ1) is 12.0. The van der Waals surface area contributed by atoms with Gasteiger partial charge < -0.3 is 10.5 Å². The van der Waals surface area contributed by atoms with E-state index in [9.17, 15) is 4.79 Å². The lowest BCUT2D eigenvalue weighted by molar-refractivity contribution is -0.135. The van der Waals surface area contributed by atoms with Crippen molar-refractivity contribution in [3.05, 3.63) is 34.5 Å². The van der Waals surface area contributed by atoms with Crippen LogP contribution in [0, 0.1) is 0 Å². The molecular weight excluding hydrogens is 234 g/mol. The molecule has 0 aromatic heterocycles. The molecule has 0 spiro atoms. The van der Waals surface area contributed by atoms with E-state index in [1.54, 1.807) is 13.0 Å². The second-order valence-electron chi connectivity index (χ2n) is 2.16. The molecule has 0 aliphatic heterocycles. The number of carbonyl (C=O) groups is 1. The first-order valence-electron chi connectivity index (χ1n) is 3.61. The minimum absolute atomic E-state index is 0.323. The number of methoxy groups -OCH3 is 1. The van der Waals surface area contributed by atoms with Gasteiger partial charge in [0.15, 0.2) is 0 Å². The van der Waals surface area contributed by atoms with Crippen molar-refractivity contribution in [1.29, 1.82) is 0 Å². The average molecular weight is 246 g/mol. The molecule has 0 radical (unpaired) electrons. The molecular formula is C9H12BrNO2. The van der Waals surface area contributed by atoms with Gasteiger partial charge in [0.05, 0.1) is 18.4 Å². The lowest BCUT2D eigenvalue weighted by atomic mass is 10.2. The number of nitrogens with two attached hydrogens (primary N) is 1. The van der Waals surface area contributed by atoms with Crippen molar-refractivity contribution in [2.75, 3.05) is 7.11 Å². The Labute approximate surface area is 86.1 Å². The van der Waals surface area contributed by atoms with Crippen molar-refractivity contribution in [2.45, 2.75) is 6.92 Å². The zero-order valence-electron chi connectivity index (χ0n) is 7.63. The third-order valence-corrected chi connectivity index (χ3v) is 2.17. The van der Waals surface area contributed by atoms with Gasteiger partial charge in [0.25, 0.3) is 0 Å². The van der Waals surface area contributed by atoms with Crippen LogP contribution in [0.4, 0.5) is 0 Å².